The minimum absolute atomic E-state index is 0.0211. The molecule has 0 unspecified atom stereocenters. The van der Waals surface area contributed by atoms with Gasteiger partial charge in [-0.3, -0.25) is 0 Å². The molecule has 0 aliphatic heterocycles. The summed E-state index contributed by atoms with van der Waals surface area (Å²) in [6.45, 7) is 10.5. The van der Waals surface area contributed by atoms with Gasteiger partial charge in [0.1, 0.15) is 5.75 Å². The predicted octanol–water partition coefficient (Wildman–Crippen LogP) is 5.40. The van der Waals surface area contributed by atoms with E-state index in [1.165, 1.54) is 33.4 Å². The lowest BCUT2D eigenvalue weighted by atomic mass is 9.87. The lowest BCUT2D eigenvalue weighted by Crippen LogP contribution is -2.07. The van der Waals surface area contributed by atoms with Crippen molar-refractivity contribution in [2.24, 2.45) is 0 Å². The molecule has 0 aromatic heterocycles. The van der Waals surface area contributed by atoms with E-state index in [9.17, 15) is 10.2 Å². The lowest BCUT2D eigenvalue weighted by Gasteiger charge is -2.19. The molecule has 31 heavy (non-hydrogen) atoms. The van der Waals surface area contributed by atoms with Crippen molar-refractivity contribution >= 4 is 0 Å². The average molecular weight is 419 g/mol. The molecule has 0 aliphatic carbocycles. The Morgan fingerprint density at radius 1 is 0.581 bits per heavy atom. The van der Waals surface area contributed by atoms with E-state index in [1.54, 1.807) is 7.11 Å². The van der Waals surface area contributed by atoms with Gasteiger partial charge in [-0.1, -0.05) is 30.3 Å². The number of ether oxygens (including phenoxy) is 1. The number of hydrogen-bond acceptors (Lipinski definition) is 3. The van der Waals surface area contributed by atoms with E-state index in [4.69, 9.17) is 4.74 Å². The number of hydrogen-bond donors (Lipinski definition) is 2. The first-order valence-corrected chi connectivity index (χ1v) is 10.8. The molecule has 0 saturated heterocycles. The second-order valence-corrected chi connectivity index (χ2v) is 8.62. The smallest absolute Gasteiger partial charge is 0.122 e. The zero-order chi connectivity index (χ0) is 22.7. The van der Waals surface area contributed by atoms with Gasteiger partial charge in [0.25, 0.3) is 0 Å². The molecular formula is C28H34O3. The van der Waals surface area contributed by atoms with E-state index >= 15 is 0 Å². The van der Waals surface area contributed by atoms with E-state index in [-0.39, 0.29) is 13.2 Å². The molecule has 0 heterocycles. The van der Waals surface area contributed by atoms with Crippen LogP contribution in [0.25, 0.3) is 0 Å². The van der Waals surface area contributed by atoms with E-state index in [0.717, 1.165) is 46.4 Å². The van der Waals surface area contributed by atoms with Crippen molar-refractivity contribution in [3.05, 3.63) is 97.6 Å². The third-order valence-corrected chi connectivity index (χ3v) is 6.49. The largest absolute Gasteiger partial charge is 0.496 e. The highest BCUT2D eigenvalue weighted by atomic mass is 16.5. The van der Waals surface area contributed by atoms with Crippen molar-refractivity contribution < 1.29 is 14.9 Å². The first kappa shape index (κ1) is 23.1. The van der Waals surface area contributed by atoms with Gasteiger partial charge in [0.15, 0.2) is 0 Å². The Morgan fingerprint density at radius 3 is 1.81 bits per heavy atom. The topological polar surface area (TPSA) is 49.7 Å². The van der Waals surface area contributed by atoms with Crippen LogP contribution in [0.3, 0.4) is 0 Å². The van der Waals surface area contributed by atoms with Gasteiger partial charge in [-0.2, -0.15) is 0 Å². The molecule has 3 nitrogen and oxygen atoms in total. The van der Waals surface area contributed by atoms with Crippen molar-refractivity contribution in [2.45, 2.75) is 60.7 Å². The third-order valence-electron chi connectivity index (χ3n) is 6.49. The molecular weight excluding hydrogens is 384 g/mol. The van der Waals surface area contributed by atoms with E-state index < -0.39 is 0 Å². The Labute approximate surface area is 186 Å². The maximum atomic E-state index is 10.3. The summed E-state index contributed by atoms with van der Waals surface area (Å²) < 4.78 is 5.47. The van der Waals surface area contributed by atoms with Gasteiger partial charge in [0.2, 0.25) is 0 Å². The summed E-state index contributed by atoms with van der Waals surface area (Å²) in [7, 11) is 1.70. The maximum Gasteiger partial charge on any atom is 0.122 e. The number of aryl methyl sites for hydroxylation is 5. The third kappa shape index (κ3) is 4.84. The monoisotopic (exact) mass is 418 g/mol. The van der Waals surface area contributed by atoms with Crippen molar-refractivity contribution in [2.75, 3.05) is 7.11 Å². The van der Waals surface area contributed by atoms with Crippen molar-refractivity contribution in [1.29, 1.82) is 0 Å². The van der Waals surface area contributed by atoms with Crippen LogP contribution in [0.15, 0.2) is 36.4 Å². The Bertz CT molecular complexity index is 1100. The summed E-state index contributed by atoms with van der Waals surface area (Å²) >= 11 is 0. The number of methoxy groups -OCH3 is 1. The van der Waals surface area contributed by atoms with Gasteiger partial charge in [-0.05, 0) is 115 Å². The van der Waals surface area contributed by atoms with E-state index in [0.29, 0.717) is 0 Å². The van der Waals surface area contributed by atoms with Crippen molar-refractivity contribution in [3.63, 3.8) is 0 Å². The number of aliphatic hydroxyl groups excluding tert-OH is 2. The van der Waals surface area contributed by atoms with Crippen LogP contribution in [0.5, 0.6) is 5.75 Å². The second kappa shape index (κ2) is 9.67. The first-order chi connectivity index (χ1) is 14.8. The van der Waals surface area contributed by atoms with Gasteiger partial charge in [0, 0.05) is 0 Å². The highest BCUT2D eigenvalue weighted by Crippen LogP contribution is 2.29. The summed E-state index contributed by atoms with van der Waals surface area (Å²) in [6, 6.07) is 12.8. The SMILES string of the molecule is COc1cc(C)c(Cc2c(C)ccc(Cc3cc(C)c(CO)cc3C)c2CO)cc1C. The van der Waals surface area contributed by atoms with Gasteiger partial charge in [0.05, 0.1) is 20.3 Å². The molecule has 0 atom stereocenters. The Morgan fingerprint density at radius 2 is 1.16 bits per heavy atom. The molecule has 0 spiro atoms. The van der Waals surface area contributed by atoms with Crippen LogP contribution in [0, 0.1) is 34.6 Å². The number of benzene rings is 3. The molecule has 3 heteroatoms. The standard InChI is InChI=1S/C28H34O3/c1-17-7-8-22(13-23-9-19(3)25(15-29)10-18(23)2)27(16-30)26(17)14-24-11-21(5)28(31-6)12-20(24)4/h7-12,29-30H,13-16H2,1-6H3. The molecule has 0 amide bonds. The van der Waals surface area contributed by atoms with Crippen LogP contribution in [0.2, 0.25) is 0 Å². The lowest BCUT2D eigenvalue weighted by molar-refractivity contribution is 0.279. The van der Waals surface area contributed by atoms with Gasteiger partial charge in [-0.15, -0.1) is 0 Å². The second-order valence-electron chi connectivity index (χ2n) is 8.62. The molecule has 0 saturated carbocycles. The predicted molar refractivity (Wildman–Crippen MR) is 127 cm³/mol. The van der Waals surface area contributed by atoms with Gasteiger partial charge < -0.3 is 14.9 Å². The Hall–Kier alpha value is -2.62. The Balaban J connectivity index is 2.02. The molecule has 0 aliphatic rings. The van der Waals surface area contributed by atoms with Gasteiger partial charge in [-0.25, -0.2) is 0 Å². The summed E-state index contributed by atoms with van der Waals surface area (Å²) in [5.74, 6) is 0.909. The summed E-state index contributed by atoms with van der Waals surface area (Å²) in [5.41, 5.74) is 12.6. The van der Waals surface area contributed by atoms with Crippen molar-refractivity contribution in [3.8, 4) is 5.75 Å². The van der Waals surface area contributed by atoms with Crippen LogP contribution >= 0.6 is 0 Å². The zero-order valence-corrected chi connectivity index (χ0v) is 19.6. The summed E-state index contributed by atoms with van der Waals surface area (Å²) in [5, 5.41) is 19.9. The normalized spacial score (nSPS) is 11.1. The fourth-order valence-corrected chi connectivity index (χ4v) is 4.42. The highest BCUT2D eigenvalue weighted by Gasteiger charge is 2.15. The van der Waals surface area contributed by atoms with Crippen LogP contribution in [-0.2, 0) is 26.1 Å². The first-order valence-electron chi connectivity index (χ1n) is 10.8. The minimum atomic E-state index is 0.0211. The molecule has 164 valence electrons. The van der Waals surface area contributed by atoms with Crippen LogP contribution in [-0.4, -0.2) is 17.3 Å². The van der Waals surface area contributed by atoms with Crippen LogP contribution < -0.4 is 4.74 Å². The summed E-state index contributed by atoms with van der Waals surface area (Å²) in [6.07, 6.45) is 1.55. The van der Waals surface area contributed by atoms with Crippen LogP contribution in [0.1, 0.15) is 61.2 Å². The number of aliphatic hydroxyl groups is 2. The van der Waals surface area contributed by atoms with Gasteiger partial charge >= 0.3 is 0 Å². The minimum Gasteiger partial charge on any atom is -0.496 e. The molecule has 3 aromatic rings. The zero-order valence-electron chi connectivity index (χ0n) is 19.6. The molecule has 3 aromatic carbocycles. The average Bonchev–Trinajstić information content (AvgIpc) is 2.74. The quantitative estimate of drug-likeness (QED) is 0.540. The highest BCUT2D eigenvalue weighted by molar-refractivity contribution is 5.49. The van der Waals surface area contributed by atoms with Crippen molar-refractivity contribution in [1.82, 2.24) is 0 Å². The number of rotatable bonds is 7. The summed E-state index contributed by atoms with van der Waals surface area (Å²) in [4.78, 5) is 0. The maximum absolute atomic E-state index is 10.3. The molecule has 0 radical (unpaired) electrons. The Kier molecular flexibility index (Phi) is 7.19. The molecule has 2 N–H and O–H groups in total. The van der Waals surface area contributed by atoms with E-state index in [1.807, 2.05) is 6.92 Å². The molecule has 0 bridgehead atoms. The molecule has 3 rings (SSSR count). The fraction of sp³-hybridized carbons (Fsp3) is 0.357. The van der Waals surface area contributed by atoms with Crippen LogP contribution in [0.4, 0.5) is 0 Å². The molecule has 0 fully saturated rings. The van der Waals surface area contributed by atoms with E-state index in [2.05, 4.69) is 64.1 Å². The fourth-order valence-electron chi connectivity index (χ4n) is 4.42.